The molecule has 0 aromatic carbocycles. The highest BCUT2D eigenvalue weighted by molar-refractivity contribution is 5.03. The van der Waals surface area contributed by atoms with Gasteiger partial charge in [-0.3, -0.25) is 0 Å². The summed E-state index contributed by atoms with van der Waals surface area (Å²) in [6.07, 6.45) is 2.08. The Morgan fingerprint density at radius 1 is 1.15 bits per heavy atom. The van der Waals surface area contributed by atoms with Crippen molar-refractivity contribution >= 4 is 0 Å². The Morgan fingerprint density at radius 2 is 1.69 bits per heavy atom. The van der Waals surface area contributed by atoms with Gasteiger partial charge in [-0.15, -0.1) is 0 Å². The van der Waals surface area contributed by atoms with Crippen LogP contribution in [0.4, 0.5) is 0 Å². The van der Waals surface area contributed by atoms with Crippen LogP contribution in [0.5, 0.6) is 0 Å². The molecule has 0 spiro atoms. The van der Waals surface area contributed by atoms with E-state index in [4.69, 9.17) is 0 Å². The van der Waals surface area contributed by atoms with Crippen LogP contribution in [-0.2, 0) is 11.0 Å². The minimum absolute atomic E-state index is 0.0799. The Balaban J connectivity index is 3.01. The predicted octanol–water partition coefficient (Wildman–Crippen LogP) is 1.75. The summed E-state index contributed by atoms with van der Waals surface area (Å²) >= 11 is 0. The first kappa shape index (κ1) is 10.2. The summed E-state index contributed by atoms with van der Waals surface area (Å²) < 4.78 is 2.04. The van der Waals surface area contributed by atoms with Crippen LogP contribution in [0.2, 0.25) is 0 Å². The molecule has 0 bridgehead atoms. The molecule has 1 rings (SSSR count). The van der Waals surface area contributed by atoms with Gasteiger partial charge in [0.05, 0.1) is 0 Å². The van der Waals surface area contributed by atoms with Crippen molar-refractivity contribution in [3.05, 3.63) is 11.9 Å². The van der Waals surface area contributed by atoms with Crippen LogP contribution in [0.25, 0.3) is 0 Å². The third kappa shape index (κ3) is 2.29. The van der Waals surface area contributed by atoms with Crippen LogP contribution in [-0.4, -0.2) is 10.3 Å². The van der Waals surface area contributed by atoms with E-state index >= 15 is 0 Å². The maximum Gasteiger partial charge on any atom is 0.223 e. The van der Waals surface area contributed by atoms with Crippen molar-refractivity contribution < 1.29 is 4.68 Å². The predicted molar refractivity (Wildman–Crippen MR) is 52.5 cm³/mol. The highest BCUT2D eigenvalue weighted by atomic mass is 15.4. The zero-order chi connectivity index (χ0) is 10.3. The van der Waals surface area contributed by atoms with Gasteiger partial charge < -0.3 is 0 Å². The quantitative estimate of drug-likeness (QED) is 0.609. The summed E-state index contributed by atoms with van der Waals surface area (Å²) in [5, 5.41) is 7.31. The van der Waals surface area contributed by atoms with E-state index in [1.54, 1.807) is 0 Å². The van der Waals surface area contributed by atoms with Crippen LogP contribution < -0.4 is 4.68 Å². The molecule has 0 aliphatic rings. The molecule has 0 saturated heterocycles. The van der Waals surface area contributed by atoms with Gasteiger partial charge in [-0.25, -0.2) is 0 Å². The number of hydrogen-bond acceptors (Lipinski definition) is 1. The molecule has 1 aromatic rings. The Hall–Kier alpha value is -0.860. The number of H-pyrrole nitrogens is 1. The smallest absolute Gasteiger partial charge is 0.158 e. The zero-order valence-corrected chi connectivity index (χ0v) is 9.47. The van der Waals surface area contributed by atoms with Crippen LogP contribution >= 0.6 is 0 Å². The number of aromatic amines is 1. The van der Waals surface area contributed by atoms with E-state index in [1.165, 1.54) is 0 Å². The van der Waals surface area contributed by atoms with Crippen molar-refractivity contribution in [2.24, 2.45) is 0 Å². The fraction of sp³-hybridized carbons (Fsp3) is 0.800. The third-order valence-corrected chi connectivity index (χ3v) is 2.02. The SMILES string of the molecule is CC(C)(C)c1c[n+](C(C)(C)C)[nH]n1. The van der Waals surface area contributed by atoms with Crippen LogP contribution in [0.3, 0.4) is 0 Å². The molecule has 13 heavy (non-hydrogen) atoms. The second kappa shape index (κ2) is 2.82. The lowest BCUT2D eigenvalue weighted by Gasteiger charge is -2.12. The van der Waals surface area contributed by atoms with Crippen molar-refractivity contribution in [3.8, 4) is 0 Å². The molecule has 0 radical (unpaired) electrons. The molecule has 0 saturated carbocycles. The Bertz CT molecular complexity index is 257. The van der Waals surface area contributed by atoms with Crippen LogP contribution in [0.1, 0.15) is 47.2 Å². The molecule has 0 aliphatic carbocycles. The third-order valence-electron chi connectivity index (χ3n) is 2.02. The van der Waals surface area contributed by atoms with Crippen molar-refractivity contribution in [1.29, 1.82) is 0 Å². The first-order valence-electron chi connectivity index (χ1n) is 4.69. The fourth-order valence-corrected chi connectivity index (χ4v) is 0.993. The molecule has 0 aliphatic heterocycles. The van der Waals surface area contributed by atoms with Crippen molar-refractivity contribution in [2.45, 2.75) is 52.5 Å². The second-order valence-corrected chi connectivity index (χ2v) is 5.52. The summed E-state index contributed by atoms with van der Waals surface area (Å²) in [4.78, 5) is 0. The number of aromatic nitrogens is 3. The van der Waals surface area contributed by atoms with Gasteiger partial charge in [-0.2, -0.15) is 4.68 Å². The summed E-state index contributed by atoms with van der Waals surface area (Å²) in [7, 11) is 0. The zero-order valence-electron chi connectivity index (χ0n) is 9.47. The molecule has 3 nitrogen and oxygen atoms in total. The molecule has 1 aromatic heterocycles. The molecule has 0 unspecified atom stereocenters. The number of rotatable bonds is 0. The summed E-state index contributed by atoms with van der Waals surface area (Å²) in [6, 6.07) is 0. The highest BCUT2D eigenvalue weighted by Gasteiger charge is 2.28. The fourth-order valence-electron chi connectivity index (χ4n) is 0.993. The number of hydrogen-bond donors (Lipinski definition) is 1. The molecule has 74 valence electrons. The van der Waals surface area contributed by atoms with Crippen molar-refractivity contribution in [3.63, 3.8) is 0 Å². The van der Waals surface area contributed by atoms with Gasteiger partial charge in [0.1, 0.15) is 5.54 Å². The largest absolute Gasteiger partial charge is 0.223 e. The van der Waals surface area contributed by atoms with Crippen molar-refractivity contribution in [1.82, 2.24) is 10.3 Å². The van der Waals surface area contributed by atoms with Crippen molar-refractivity contribution in [2.75, 3.05) is 0 Å². The van der Waals surface area contributed by atoms with Gasteiger partial charge in [-0.1, -0.05) is 26.0 Å². The van der Waals surface area contributed by atoms with Gasteiger partial charge in [-0.05, 0) is 20.8 Å². The van der Waals surface area contributed by atoms with E-state index < -0.39 is 0 Å². The maximum absolute atomic E-state index is 4.29. The van der Waals surface area contributed by atoms with E-state index in [9.17, 15) is 0 Å². The average molecular weight is 182 g/mol. The topological polar surface area (TPSA) is 32.6 Å². The Morgan fingerprint density at radius 3 is 1.92 bits per heavy atom. The monoisotopic (exact) mass is 182 g/mol. The lowest BCUT2D eigenvalue weighted by atomic mass is 9.93. The first-order chi connectivity index (χ1) is 5.71. The van der Waals surface area contributed by atoms with Gasteiger partial charge in [0.25, 0.3) is 0 Å². The summed E-state index contributed by atoms with van der Waals surface area (Å²) in [5.74, 6) is 0. The summed E-state index contributed by atoms with van der Waals surface area (Å²) in [5.41, 5.74) is 1.30. The molecule has 1 heterocycles. The minimum atomic E-state index is 0.0799. The Kier molecular flexibility index (Phi) is 2.22. The number of nitrogens with zero attached hydrogens (tertiary/aromatic N) is 2. The normalized spacial score (nSPS) is 13.4. The van der Waals surface area contributed by atoms with E-state index in [1.807, 2.05) is 4.68 Å². The van der Waals surface area contributed by atoms with Gasteiger partial charge >= 0.3 is 0 Å². The lowest BCUT2D eigenvalue weighted by Crippen LogP contribution is -2.51. The molecular weight excluding hydrogens is 162 g/mol. The van der Waals surface area contributed by atoms with Gasteiger partial charge in [0, 0.05) is 10.5 Å². The number of nitrogens with one attached hydrogen (secondary N) is 1. The molecule has 0 atom stereocenters. The summed E-state index contributed by atoms with van der Waals surface area (Å²) in [6.45, 7) is 12.9. The molecule has 0 amide bonds. The Labute approximate surface area is 80.1 Å². The minimum Gasteiger partial charge on any atom is -0.158 e. The standard InChI is InChI=1S/C10H19N3/c1-9(2,3)8-7-13(12-11-8)10(4,5)6/h7H,1-6H3/p+1. The molecule has 0 fully saturated rings. The highest BCUT2D eigenvalue weighted by Crippen LogP contribution is 2.18. The van der Waals surface area contributed by atoms with E-state index in [0.29, 0.717) is 0 Å². The molecule has 1 N–H and O–H groups in total. The second-order valence-electron chi connectivity index (χ2n) is 5.52. The van der Waals surface area contributed by atoms with Gasteiger partial charge in [0.15, 0.2) is 6.20 Å². The van der Waals surface area contributed by atoms with E-state index in [2.05, 4.69) is 58.1 Å². The molecule has 3 heteroatoms. The molecular formula is C10H20N3+. The van der Waals surface area contributed by atoms with Crippen LogP contribution in [0, 0.1) is 0 Å². The van der Waals surface area contributed by atoms with E-state index in [0.717, 1.165) is 5.69 Å². The van der Waals surface area contributed by atoms with E-state index in [-0.39, 0.29) is 11.0 Å². The maximum atomic E-state index is 4.29. The average Bonchev–Trinajstić information content (AvgIpc) is 2.28. The lowest BCUT2D eigenvalue weighted by molar-refractivity contribution is -0.805. The van der Waals surface area contributed by atoms with Crippen LogP contribution in [0.15, 0.2) is 6.20 Å². The first-order valence-corrected chi connectivity index (χ1v) is 4.69. The van der Waals surface area contributed by atoms with Gasteiger partial charge in [0.2, 0.25) is 5.69 Å².